The Hall–Kier alpha value is -3.18. The van der Waals surface area contributed by atoms with Crippen LogP contribution in [0.25, 0.3) is 5.82 Å². The molecule has 0 radical (unpaired) electrons. The molecule has 0 aliphatic carbocycles. The maximum Gasteiger partial charge on any atom is 0.311 e. The minimum absolute atomic E-state index is 0.105. The highest BCUT2D eigenvalue weighted by atomic mass is 32.1. The van der Waals surface area contributed by atoms with Crippen molar-refractivity contribution in [2.45, 2.75) is 31.5 Å². The number of thiol groups is 1. The number of alkyl halides is 1. The van der Waals surface area contributed by atoms with Gasteiger partial charge >= 0.3 is 5.69 Å². The lowest BCUT2D eigenvalue weighted by molar-refractivity contribution is -0.384. The Kier molecular flexibility index (Phi) is 6.28. The van der Waals surface area contributed by atoms with Crippen molar-refractivity contribution in [2.75, 3.05) is 23.4 Å². The van der Waals surface area contributed by atoms with E-state index >= 15 is 0 Å². The van der Waals surface area contributed by atoms with Crippen molar-refractivity contribution in [1.82, 2.24) is 14.5 Å². The van der Waals surface area contributed by atoms with Crippen LogP contribution in [0.1, 0.15) is 25.6 Å². The summed E-state index contributed by atoms with van der Waals surface area (Å²) in [7, 11) is 0. The van der Waals surface area contributed by atoms with Crippen LogP contribution in [-0.2, 0) is 4.74 Å². The third-order valence-corrected chi connectivity index (χ3v) is 5.50. The Bertz CT molecular complexity index is 1110. The molecule has 0 amide bonds. The smallest absolute Gasteiger partial charge is 0.311 e. The number of rotatable bonds is 6. The number of halogens is 1. The van der Waals surface area contributed by atoms with Gasteiger partial charge in [0.15, 0.2) is 0 Å². The predicted octanol–water partition coefficient (Wildman–Crippen LogP) is 4.43. The molecule has 4 rings (SSSR count). The topological polar surface area (TPSA) is 98.3 Å². The van der Waals surface area contributed by atoms with Gasteiger partial charge in [-0.25, -0.2) is 14.4 Å². The SMILES string of the molecule is CC(C)c1nccn1-c1ccc([N+](=O)[O-])c(Nc2ccc(N3CCOC(S)C3F)cc2)n1. The van der Waals surface area contributed by atoms with E-state index in [1.165, 1.54) is 6.07 Å². The van der Waals surface area contributed by atoms with Crippen molar-refractivity contribution in [1.29, 1.82) is 0 Å². The number of ether oxygens (including phenoxy) is 1. The molecule has 0 bridgehead atoms. The van der Waals surface area contributed by atoms with Crippen LogP contribution >= 0.6 is 12.6 Å². The van der Waals surface area contributed by atoms with Crippen molar-refractivity contribution < 1.29 is 14.1 Å². The van der Waals surface area contributed by atoms with Crippen LogP contribution < -0.4 is 10.2 Å². The second-order valence-corrected chi connectivity index (χ2v) is 8.11. The summed E-state index contributed by atoms with van der Waals surface area (Å²) in [6.45, 7) is 4.81. The number of nitrogens with zero attached hydrogens (tertiary/aromatic N) is 5. The van der Waals surface area contributed by atoms with Crippen LogP contribution in [0.2, 0.25) is 0 Å². The van der Waals surface area contributed by atoms with E-state index in [0.29, 0.717) is 30.3 Å². The van der Waals surface area contributed by atoms with Crippen LogP contribution in [0, 0.1) is 10.1 Å². The number of imidazole rings is 1. The van der Waals surface area contributed by atoms with E-state index in [4.69, 9.17) is 4.74 Å². The second-order valence-electron chi connectivity index (χ2n) is 7.60. The molecule has 0 saturated carbocycles. The Balaban J connectivity index is 1.61. The fourth-order valence-corrected chi connectivity index (χ4v) is 3.79. The number of nitrogens with one attached hydrogen (secondary N) is 1. The lowest BCUT2D eigenvalue weighted by Gasteiger charge is -2.35. The molecule has 11 heteroatoms. The summed E-state index contributed by atoms with van der Waals surface area (Å²) in [5.41, 5.74) is 0.290. The molecule has 3 heterocycles. The highest BCUT2D eigenvalue weighted by Gasteiger charge is 2.30. The van der Waals surface area contributed by atoms with E-state index < -0.39 is 16.7 Å². The molecular weight excluding hydrogens is 435 g/mol. The van der Waals surface area contributed by atoms with Gasteiger partial charge in [-0.15, -0.1) is 12.6 Å². The maximum absolute atomic E-state index is 14.4. The largest absolute Gasteiger partial charge is 0.361 e. The minimum Gasteiger partial charge on any atom is -0.361 e. The van der Waals surface area contributed by atoms with Crippen LogP contribution in [-0.4, -0.2) is 44.3 Å². The zero-order valence-corrected chi connectivity index (χ0v) is 18.4. The number of aromatic nitrogens is 3. The predicted molar refractivity (Wildman–Crippen MR) is 123 cm³/mol. The summed E-state index contributed by atoms with van der Waals surface area (Å²) >= 11 is 4.11. The summed E-state index contributed by atoms with van der Waals surface area (Å²) in [6, 6.07) is 9.93. The summed E-state index contributed by atoms with van der Waals surface area (Å²) in [6.07, 6.45) is 2.08. The first kappa shape index (κ1) is 22.0. The monoisotopic (exact) mass is 458 g/mol. The third kappa shape index (κ3) is 4.39. The van der Waals surface area contributed by atoms with Gasteiger partial charge in [0.05, 0.1) is 11.5 Å². The van der Waals surface area contributed by atoms with Gasteiger partial charge in [-0.3, -0.25) is 14.7 Å². The van der Waals surface area contributed by atoms with Crippen LogP contribution in [0.15, 0.2) is 48.8 Å². The number of nitro groups is 1. The summed E-state index contributed by atoms with van der Waals surface area (Å²) in [5, 5.41) is 14.6. The molecule has 2 atom stereocenters. The minimum atomic E-state index is -1.37. The molecular formula is C21H23FN6O3S. The Morgan fingerprint density at radius 1 is 1.28 bits per heavy atom. The van der Waals surface area contributed by atoms with Crippen LogP contribution in [0.5, 0.6) is 0 Å². The second kappa shape index (κ2) is 9.13. The van der Waals surface area contributed by atoms with Crippen molar-refractivity contribution in [3.63, 3.8) is 0 Å². The van der Waals surface area contributed by atoms with Gasteiger partial charge < -0.3 is 15.0 Å². The number of pyridine rings is 1. The molecule has 3 aromatic rings. The maximum atomic E-state index is 14.4. The van der Waals surface area contributed by atoms with Crippen LogP contribution in [0.4, 0.5) is 27.3 Å². The van der Waals surface area contributed by atoms with E-state index in [-0.39, 0.29) is 17.4 Å². The fourth-order valence-electron chi connectivity index (χ4n) is 3.52. The molecule has 168 valence electrons. The number of hydrogen-bond donors (Lipinski definition) is 2. The molecule has 32 heavy (non-hydrogen) atoms. The van der Waals surface area contributed by atoms with E-state index in [9.17, 15) is 14.5 Å². The standard InChI is InChI=1S/C21H23FN6O3S/c1-13(2)20-23-9-10-27(20)17-8-7-16(28(29)30)19(25-17)24-14-3-5-15(6-4-14)26-11-12-31-21(32)18(26)22/h3-10,13,18,21,32H,11-12H2,1-2H3,(H,24,25). The zero-order valence-electron chi connectivity index (χ0n) is 17.6. The quantitative estimate of drug-likeness (QED) is 0.244. The average molecular weight is 459 g/mol. The van der Waals surface area contributed by atoms with Crippen molar-refractivity contribution >= 4 is 35.5 Å². The molecule has 1 aliphatic rings. The molecule has 2 unspecified atom stereocenters. The lowest BCUT2D eigenvalue weighted by Crippen LogP contribution is -2.46. The van der Waals surface area contributed by atoms with Gasteiger partial charge in [0, 0.05) is 42.3 Å². The van der Waals surface area contributed by atoms with Gasteiger partial charge in [0.1, 0.15) is 17.1 Å². The summed E-state index contributed by atoms with van der Waals surface area (Å²) in [4.78, 5) is 21.5. The van der Waals surface area contributed by atoms with Gasteiger partial charge in [0.25, 0.3) is 0 Å². The van der Waals surface area contributed by atoms with E-state index in [1.807, 2.05) is 13.8 Å². The Morgan fingerprint density at radius 2 is 2.03 bits per heavy atom. The average Bonchev–Trinajstić information content (AvgIpc) is 3.26. The van der Waals surface area contributed by atoms with Gasteiger partial charge in [0.2, 0.25) is 12.1 Å². The highest BCUT2D eigenvalue weighted by molar-refractivity contribution is 7.80. The number of morpholine rings is 1. The Morgan fingerprint density at radius 3 is 2.72 bits per heavy atom. The van der Waals surface area contributed by atoms with Crippen molar-refractivity contribution in [2.24, 2.45) is 0 Å². The molecule has 1 fully saturated rings. The molecule has 9 nitrogen and oxygen atoms in total. The third-order valence-electron chi connectivity index (χ3n) is 5.10. The fraction of sp³-hybridized carbons (Fsp3) is 0.333. The molecule has 0 spiro atoms. The Labute approximate surface area is 189 Å². The first-order valence-electron chi connectivity index (χ1n) is 10.1. The summed E-state index contributed by atoms with van der Waals surface area (Å²) < 4.78 is 21.4. The number of benzene rings is 1. The molecule has 1 aliphatic heterocycles. The van der Waals surface area contributed by atoms with E-state index in [0.717, 1.165) is 5.82 Å². The highest BCUT2D eigenvalue weighted by Crippen LogP contribution is 2.30. The first-order chi connectivity index (χ1) is 15.3. The molecule has 1 saturated heterocycles. The number of anilines is 3. The van der Waals surface area contributed by atoms with Gasteiger partial charge in [-0.2, -0.15) is 0 Å². The van der Waals surface area contributed by atoms with Crippen molar-refractivity contribution in [3.8, 4) is 5.82 Å². The van der Waals surface area contributed by atoms with Gasteiger partial charge in [-0.05, 0) is 30.3 Å². The van der Waals surface area contributed by atoms with E-state index in [1.54, 1.807) is 52.2 Å². The summed E-state index contributed by atoms with van der Waals surface area (Å²) in [5.74, 6) is 1.58. The van der Waals surface area contributed by atoms with E-state index in [2.05, 4.69) is 27.9 Å². The molecule has 1 N–H and O–H groups in total. The molecule has 1 aromatic carbocycles. The first-order valence-corrected chi connectivity index (χ1v) is 10.6. The number of hydrogen-bond acceptors (Lipinski definition) is 8. The van der Waals surface area contributed by atoms with Crippen molar-refractivity contribution in [3.05, 3.63) is 64.7 Å². The van der Waals surface area contributed by atoms with Gasteiger partial charge in [-0.1, -0.05) is 13.8 Å². The normalized spacial score (nSPS) is 18.7. The zero-order chi connectivity index (χ0) is 22.8. The lowest BCUT2D eigenvalue weighted by atomic mass is 10.2. The van der Waals surface area contributed by atoms with Crippen LogP contribution in [0.3, 0.4) is 0 Å². The molecule has 2 aromatic heterocycles.